The van der Waals surface area contributed by atoms with E-state index in [0.29, 0.717) is 0 Å². The topological polar surface area (TPSA) is 6.48 Å². The van der Waals surface area contributed by atoms with Crippen LogP contribution in [0.3, 0.4) is 0 Å². The van der Waals surface area contributed by atoms with Crippen LogP contribution in [0.2, 0.25) is 0 Å². The number of hydrogen-bond acceptors (Lipinski definition) is 2. The Morgan fingerprint density at radius 2 is 0.772 bits per heavy atom. The van der Waals surface area contributed by atoms with Crippen LogP contribution in [0, 0.1) is 0 Å². The van der Waals surface area contributed by atoms with Gasteiger partial charge in [-0.15, -0.1) is 0 Å². The van der Waals surface area contributed by atoms with Crippen LogP contribution in [-0.4, -0.2) is 6.71 Å². The van der Waals surface area contributed by atoms with E-state index in [9.17, 15) is 0 Å². The zero-order valence-electron chi connectivity index (χ0n) is 49.4. The minimum Gasteiger partial charge on any atom is -0.311 e. The summed E-state index contributed by atoms with van der Waals surface area (Å²) in [5.41, 5.74) is 26.2. The van der Waals surface area contributed by atoms with Crippen LogP contribution < -0.4 is 26.2 Å². The second-order valence-corrected chi connectivity index (χ2v) is 27.7. The Bertz CT molecular complexity index is 3730. The molecule has 2 nitrogen and oxygen atoms in total. The van der Waals surface area contributed by atoms with Crippen LogP contribution in [0.4, 0.5) is 34.1 Å². The molecule has 396 valence electrons. The molecule has 3 aliphatic rings. The van der Waals surface area contributed by atoms with Gasteiger partial charge in [-0.05, 0) is 155 Å². The molecule has 9 aromatic rings. The molecule has 0 aromatic heterocycles. The number of nitrogens with zero attached hydrogens (tertiary/aromatic N) is 2. The first-order chi connectivity index (χ1) is 37.4. The molecule has 0 unspecified atom stereocenters. The molecule has 2 aliphatic heterocycles. The van der Waals surface area contributed by atoms with Gasteiger partial charge in [-0.25, -0.2) is 0 Å². The summed E-state index contributed by atoms with van der Waals surface area (Å²) in [6, 6.07) is 77.2. The first-order valence-electron chi connectivity index (χ1n) is 29.1. The number of fused-ring (bicyclic) bond motifs is 5. The predicted octanol–water partition coefficient (Wildman–Crippen LogP) is 18.7. The van der Waals surface area contributed by atoms with Gasteiger partial charge in [0.1, 0.15) is 0 Å². The highest BCUT2D eigenvalue weighted by molar-refractivity contribution is 7.00. The summed E-state index contributed by atoms with van der Waals surface area (Å²) in [5, 5.41) is 0. The second-order valence-electron chi connectivity index (χ2n) is 27.7. The van der Waals surface area contributed by atoms with Crippen molar-refractivity contribution in [2.45, 2.75) is 142 Å². The van der Waals surface area contributed by atoms with Gasteiger partial charge in [-0.2, -0.15) is 0 Å². The van der Waals surface area contributed by atoms with Gasteiger partial charge < -0.3 is 9.80 Å². The summed E-state index contributed by atoms with van der Waals surface area (Å²) in [7, 11) is 0. The van der Waals surface area contributed by atoms with Gasteiger partial charge in [0.2, 0.25) is 0 Å². The normalized spacial score (nSPS) is 15.5. The summed E-state index contributed by atoms with van der Waals surface area (Å²) < 4.78 is 0. The molecule has 0 saturated carbocycles. The van der Waals surface area contributed by atoms with Crippen LogP contribution >= 0.6 is 0 Å². The van der Waals surface area contributed by atoms with Gasteiger partial charge in [0.25, 0.3) is 6.71 Å². The number of anilines is 6. The molecule has 0 fully saturated rings. The van der Waals surface area contributed by atoms with Crippen LogP contribution in [0.5, 0.6) is 0 Å². The minimum atomic E-state index is -0.269. The molecule has 0 saturated heterocycles. The van der Waals surface area contributed by atoms with E-state index in [1.165, 1.54) is 117 Å². The third-order valence-corrected chi connectivity index (χ3v) is 18.8. The van der Waals surface area contributed by atoms with Crippen molar-refractivity contribution in [2.24, 2.45) is 0 Å². The first-order valence-corrected chi connectivity index (χ1v) is 29.1. The standard InChI is InChI=1S/C76H79BN2/c1-71(2,3)56-43-59(50-28-19-15-20-29-50)70(60(44-56)51-30-21-16-22-31-51)79-66-49-62-61(73(7,8)40-41-74(62,9)10)48-64(66)77-63-39-38-55(76(13,14)53-34-25-18-26-35-53)45-65(63)78(67-46-57(72(4,5)6)47-68(79)69(67)77)58-37-27-36-54(42-58)75(11,12)52-32-23-17-24-33-52/h15-39,42-49H,40-41H2,1-14H3. The largest absolute Gasteiger partial charge is 0.311 e. The number of rotatable bonds is 8. The van der Waals surface area contributed by atoms with Crippen molar-refractivity contribution in [3.63, 3.8) is 0 Å². The number of benzene rings is 9. The van der Waals surface area contributed by atoms with Crippen molar-refractivity contribution in [2.75, 3.05) is 9.80 Å². The van der Waals surface area contributed by atoms with E-state index < -0.39 is 0 Å². The number of hydrogen-bond donors (Lipinski definition) is 0. The van der Waals surface area contributed by atoms with E-state index in [1.807, 2.05) is 0 Å². The zero-order valence-corrected chi connectivity index (χ0v) is 49.4. The van der Waals surface area contributed by atoms with Gasteiger partial charge in [-0.1, -0.05) is 249 Å². The summed E-state index contributed by atoms with van der Waals surface area (Å²) >= 11 is 0. The lowest BCUT2D eigenvalue weighted by atomic mass is 9.33. The first kappa shape index (κ1) is 52.3. The Hall–Kier alpha value is -7.36. The Morgan fingerprint density at radius 3 is 1.28 bits per heavy atom. The van der Waals surface area contributed by atoms with Crippen molar-refractivity contribution < 1.29 is 0 Å². The Morgan fingerprint density at radius 1 is 0.354 bits per heavy atom. The lowest BCUT2D eigenvalue weighted by Crippen LogP contribution is -2.62. The third-order valence-electron chi connectivity index (χ3n) is 18.8. The molecule has 12 rings (SSSR count). The summed E-state index contributed by atoms with van der Waals surface area (Å²) in [6.45, 7) is 33.7. The molecule has 0 radical (unpaired) electrons. The molecule has 9 aromatic carbocycles. The Kier molecular flexibility index (Phi) is 12.3. The average molecular weight is 1030 g/mol. The second kappa shape index (κ2) is 18.6. The summed E-state index contributed by atoms with van der Waals surface area (Å²) in [4.78, 5) is 5.43. The van der Waals surface area contributed by atoms with Gasteiger partial charge >= 0.3 is 0 Å². The molecular weight excluding hydrogens is 952 g/mol. The quantitative estimate of drug-likeness (QED) is 0.140. The molecular formula is C76H79BN2. The van der Waals surface area contributed by atoms with Crippen molar-refractivity contribution in [3.05, 3.63) is 245 Å². The third kappa shape index (κ3) is 8.79. The molecule has 0 N–H and O–H groups in total. The lowest BCUT2D eigenvalue weighted by molar-refractivity contribution is 0.332. The molecule has 79 heavy (non-hydrogen) atoms. The van der Waals surface area contributed by atoms with E-state index in [4.69, 9.17) is 0 Å². The van der Waals surface area contributed by atoms with E-state index >= 15 is 0 Å². The van der Waals surface area contributed by atoms with Gasteiger partial charge in [0, 0.05) is 50.4 Å². The maximum atomic E-state index is 2.76. The molecule has 0 amide bonds. The fraction of sp³-hybridized carbons (Fsp3) is 0.289. The fourth-order valence-electron chi connectivity index (χ4n) is 13.5. The zero-order chi connectivity index (χ0) is 55.6. The highest BCUT2D eigenvalue weighted by Crippen LogP contribution is 2.55. The summed E-state index contributed by atoms with van der Waals surface area (Å²) in [5.74, 6) is 0. The highest BCUT2D eigenvalue weighted by Gasteiger charge is 2.48. The molecule has 2 heterocycles. The highest BCUT2D eigenvalue weighted by atomic mass is 15.2. The summed E-state index contributed by atoms with van der Waals surface area (Å²) in [6.07, 6.45) is 2.27. The van der Waals surface area contributed by atoms with Crippen molar-refractivity contribution >= 4 is 57.2 Å². The van der Waals surface area contributed by atoms with Crippen molar-refractivity contribution in [1.29, 1.82) is 0 Å². The Balaban J connectivity index is 1.26. The molecule has 1 aliphatic carbocycles. The molecule has 0 atom stereocenters. The van der Waals surface area contributed by atoms with Gasteiger partial charge in [-0.3, -0.25) is 0 Å². The lowest BCUT2D eigenvalue weighted by Gasteiger charge is -2.48. The van der Waals surface area contributed by atoms with E-state index in [2.05, 4.69) is 307 Å². The van der Waals surface area contributed by atoms with E-state index in [0.717, 1.165) is 12.8 Å². The van der Waals surface area contributed by atoms with Crippen LogP contribution in [0.1, 0.15) is 154 Å². The minimum absolute atomic E-state index is 0.0121. The molecule has 3 heteroatoms. The van der Waals surface area contributed by atoms with E-state index in [-0.39, 0.29) is 39.2 Å². The van der Waals surface area contributed by atoms with Crippen LogP contribution in [0.25, 0.3) is 22.3 Å². The molecule has 0 spiro atoms. The monoisotopic (exact) mass is 1030 g/mol. The fourth-order valence-corrected chi connectivity index (χ4v) is 13.5. The smallest absolute Gasteiger partial charge is 0.252 e. The molecule has 0 bridgehead atoms. The van der Waals surface area contributed by atoms with E-state index in [1.54, 1.807) is 0 Å². The van der Waals surface area contributed by atoms with Crippen molar-refractivity contribution in [1.82, 2.24) is 0 Å². The average Bonchev–Trinajstić information content (AvgIpc) is 3.43. The van der Waals surface area contributed by atoms with Crippen molar-refractivity contribution in [3.8, 4) is 22.3 Å². The maximum Gasteiger partial charge on any atom is 0.252 e. The SMILES string of the molecule is CC(C)(C)c1cc(-c2ccccc2)c(N2c3cc4c(cc3B3c5ccc(C(C)(C)c6ccccc6)cc5N(c5cccc(C(C)(C)c6ccccc6)c5)c5cc(C(C)(C)C)cc2c53)C(C)(C)CCC4(C)C)c(-c2ccccc2)c1. The van der Waals surface area contributed by atoms with Crippen LogP contribution in [-0.2, 0) is 32.5 Å². The van der Waals surface area contributed by atoms with Gasteiger partial charge in [0.15, 0.2) is 0 Å². The van der Waals surface area contributed by atoms with Gasteiger partial charge in [0.05, 0.1) is 5.69 Å². The Labute approximate surface area is 473 Å². The van der Waals surface area contributed by atoms with Crippen LogP contribution in [0.15, 0.2) is 200 Å². The maximum absolute atomic E-state index is 2.76. The predicted molar refractivity (Wildman–Crippen MR) is 341 cm³/mol.